The van der Waals surface area contributed by atoms with Gasteiger partial charge in [-0.2, -0.15) is 0 Å². The fourth-order valence-corrected chi connectivity index (χ4v) is 2.63. The zero-order chi connectivity index (χ0) is 19.1. The van der Waals surface area contributed by atoms with E-state index >= 15 is 0 Å². The van der Waals surface area contributed by atoms with Crippen molar-refractivity contribution in [3.05, 3.63) is 64.1 Å². The first-order valence-corrected chi connectivity index (χ1v) is 8.69. The zero-order valence-corrected chi connectivity index (χ0v) is 16.4. The SMILES string of the molecule is COc1ccc(C=CC(=O)c2cccc(OCC(=O)N(C)C)c2)cc1Br. The Bertz CT molecular complexity index is 830. The van der Waals surface area contributed by atoms with Gasteiger partial charge >= 0.3 is 0 Å². The molecule has 0 N–H and O–H groups in total. The number of halogens is 1. The summed E-state index contributed by atoms with van der Waals surface area (Å²) in [4.78, 5) is 25.4. The third-order valence-electron chi connectivity index (χ3n) is 3.58. The molecule has 2 aromatic carbocycles. The van der Waals surface area contributed by atoms with Crippen LogP contribution < -0.4 is 9.47 Å². The summed E-state index contributed by atoms with van der Waals surface area (Å²) in [5.41, 5.74) is 1.36. The molecule has 6 heteroatoms. The van der Waals surface area contributed by atoms with E-state index in [9.17, 15) is 9.59 Å². The van der Waals surface area contributed by atoms with Crippen LogP contribution in [0.4, 0.5) is 0 Å². The zero-order valence-electron chi connectivity index (χ0n) is 14.9. The predicted octanol–water partition coefficient (Wildman–Crippen LogP) is 3.82. The highest BCUT2D eigenvalue weighted by Gasteiger charge is 2.07. The van der Waals surface area contributed by atoms with Crippen LogP contribution in [0.1, 0.15) is 15.9 Å². The third kappa shape index (κ3) is 5.46. The van der Waals surface area contributed by atoms with Gasteiger partial charge in [0, 0.05) is 19.7 Å². The van der Waals surface area contributed by atoms with E-state index in [-0.39, 0.29) is 18.3 Å². The summed E-state index contributed by atoms with van der Waals surface area (Å²) in [7, 11) is 4.92. The van der Waals surface area contributed by atoms with E-state index in [2.05, 4.69) is 15.9 Å². The van der Waals surface area contributed by atoms with Gasteiger partial charge in [0.15, 0.2) is 12.4 Å². The van der Waals surface area contributed by atoms with E-state index < -0.39 is 0 Å². The van der Waals surface area contributed by atoms with E-state index in [0.717, 1.165) is 15.8 Å². The van der Waals surface area contributed by atoms with Crippen LogP contribution in [0, 0.1) is 0 Å². The van der Waals surface area contributed by atoms with Gasteiger partial charge in [-0.05, 0) is 51.8 Å². The van der Waals surface area contributed by atoms with Crippen LogP contribution in [0.3, 0.4) is 0 Å². The van der Waals surface area contributed by atoms with E-state index in [1.165, 1.54) is 11.0 Å². The monoisotopic (exact) mass is 417 g/mol. The number of methoxy groups -OCH3 is 1. The van der Waals surface area contributed by atoms with Crippen molar-refractivity contribution in [2.24, 2.45) is 0 Å². The van der Waals surface area contributed by atoms with Crippen molar-refractivity contribution >= 4 is 33.7 Å². The Kier molecular flexibility index (Phi) is 6.97. The van der Waals surface area contributed by atoms with Crippen molar-refractivity contribution in [1.29, 1.82) is 0 Å². The topological polar surface area (TPSA) is 55.8 Å². The lowest BCUT2D eigenvalue weighted by Crippen LogP contribution is -2.27. The number of likely N-dealkylation sites (N-methyl/N-ethyl adjacent to an activating group) is 1. The average molecular weight is 418 g/mol. The number of nitrogens with zero attached hydrogens (tertiary/aromatic N) is 1. The summed E-state index contributed by atoms with van der Waals surface area (Å²) in [6.07, 6.45) is 3.23. The molecule has 2 aromatic rings. The predicted molar refractivity (Wildman–Crippen MR) is 105 cm³/mol. The number of carbonyl (C=O) groups excluding carboxylic acids is 2. The highest BCUT2D eigenvalue weighted by molar-refractivity contribution is 9.10. The largest absolute Gasteiger partial charge is 0.496 e. The van der Waals surface area contributed by atoms with Gasteiger partial charge in [-0.25, -0.2) is 0 Å². The van der Waals surface area contributed by atoms with Crippen LogP contribution in [0.25, 0.3) is 6.08 Å². The molecule has 5 nitrogen and oxygen atoms in total. The lowest BCUT2D eigenvalue weighted by Gasteiger charge is -2.11. The molecule has 0 spiro atoms. The van der Waals surface area contributed by atoms with Crippen molar-refractivity contribution in [3.8, 4) is 11.5 Å². The Labute approximate surface area is 161 Å². The Hall–Kier alpha value is -2.60. The second kappa shape index (κ2) is 9.20. The normalized spacial score (nSPS) is 10.6. The minimum atomic E-state index is -0.152. The van der Waals surface area contributed by atoms with Crippen molar-refractivity contribution < 1.29 is 19.1 Å². The molecule has 0 bridgehead atoms. The van der Waals surface area contributed by atoms with Crippen LogP contribution >= 0.6 is 15.9 Å². The molecule has 26 heavy (non-hydrogen) atoms. The summed E-state index contributed by atoms with van der Waals surface area (Å²) in [5.74, 6) is 0.908. The van der Waals surface area contributed by atoms with Crippen molar-refractivity contribution in [3.63, 3.8) is 0 Å². The second-order valence-corrected chi connectivity index (χ2v) is 6.55. The first kappa shape index (κ1) is 19.7. The standard InChI is InChI=1S/C20H20BrNO4/c1-22(2)20(24)13-26-16-6-4-5-15(12-16)18(23)9-7-14-8-10-19(25-3)17(21)11-14/h4-12H,13H2,1-3H3. The molecular weight excluding hydrogens is 398 g/mol. The van der Waals surface area contributed by atoms with Crippen LogP contribution in [-0.2, 0) is 4.79 Å². The molecule has 1 amide bonds. The number of hydrogen-bond donors (Lipinski definition) is 0. The van der Waals surface area contributed by atoms with Crippen LogP contribution in [0.5, 0.6) is 11.5 Å². The molecule has 0 aromatic heterocycles. The molecule has 0 fully saturated rings. The number of rotatable bonds is 7. The van der Waals surface area contributed by atoms with Gasteiger partial charge in [0.2, 0.25) is 0 Å². The molecule has 0 saturated carbocycles. The maximum atomic E-state index is 12.4. The number of amides is 1. The van der Waals surface area contributed by atoms with Gasteiger partial charge < -0.3 is 14.4 Å². The van der Waals surface area contributed by atoms with Crippen molar-refractivity contribution in [1.82, 2.24) is 4.90 Å². The molecule has 0 radical (unpaired) electrons. The molecule has 136 valence electrons. The number of hydrogen-bond acceptors (Lipinski definition) is 4. The minimum Gasteiger partial charge on any atom is -0.496 e. The first-order chi connectivity index (χ1) is 12.4. The van der Waals surface area contributed by atoms with Gasteiger partial charge in [-0.15, -0.1) is 0 Å². The number of benzene rings is 2. The summed E-state index contributed by atoms with van der Waals surface area (Å²) >= 11 is 3.42. The fourth-order valence-electron chi connectivity index (χ4n) is 2.07. The van der Waals surface area contributed by atoms with Gasteiger partial charge in [0.05, 0.1) is 11.6 Å². The van der Waals surface area contributed by atoms with Gasteiger partial charge in [-0.3, -0.25) is 9.59 Å². The Morgan fingerprint density at radius 3 is 2.58 bits per heavy atom. The Morgan fingerprint density at radius 1 is 1.15 bits per heavy atom. The summed E-state index contributed by atoms with van der Waals surface area (Å²) in [6.45, 7) is -0.0691. The summed E-state index contributed by atoms with van der Waals surface area (Å²) in [5, 5.41) is 0. The van der Waals surface area contributed by atoms with E-state index in [1.807, 2.05) is 18.2 Å². The molecule has 0 aliphatic heterocycles. The van der Waals surface area contributed by atoms with Gasteiger partial charge in [0.1, 0.15) is 11.5 Å². The molecule has 0 saturated heterocycles. The summed E-state index contributed by atoms with van der Waals surface area (Å²) in [6, 6.07) is 12.3. The second-order valence-electron chi connectivity index (χ2n) is 5.70. The molecule has 0 aliphatic carbocycles. The lowest BCUT2D eigenvalue weighted by atomic mass is 10.1. The van der Waals surface area contributed by atoms with Crippen LogP contribution in [0.2, 0.25) is 0 Å². The maximum Gasteiger partial charge on any atom is 0.259 e. The maximum absolute atomic E-state index is 12.4. The fraction of sp³-hybridized carbons (Fsp3) is 0.200. The lowest BCUT2D eigenvalue weighted by molar-refractivity contribution is -0.130. The van der Waals surface area contributed by atoms with Gasteiger partial charge in [-0.1, -0.05) is 24.3 Å². The molecule has 0 unspecified atom stereocenters. The van der Waals surface area contributed by atoms with E-state index in [4.69, 9.17) is 9.47 Å². The number of ether oxygens (including phenoxy) is 2. The number of allylic oxidation sites excluding steroid dienone is 1. The van der Waals surface area contributed by atoms with Crippen molar-refractivity contribution in [2.75, 3.05) is 27.8 Å². The van der Waals surface area contributed by atoms with Gasteiger partial charge in [0.25, 0.3) is 5.91 Å². The quantitative estimate of drug-likeness (QED) is 0.507. The molecular formula is C20H20BrNO4. The average Bonchev–Trinajstić information content (AvgIpc) is 2.64. The number of carbonyl (C=O) groups is 2. The highest BCUT2D eigenvalue weighted by atomic mass is 79.9. The minimum absolute atomic E-state index is 0.0691. The Balaban J connectivity index is 2.06. The summed E-state index contributed by atoms with van der Waals surface area (Å²) < 4.78 is 11.4. The van der Waals surface area contributed by atoms with Crippen LogP contribution in [-0.4, -0.2) is 44.4 Å². The van der Waals surface area contributed by atoms with E-state index in [1.54, 1.807) is 51.5 Å². The molecule has 0 heterocycles. The van der Waals surface area contributed by atoms with E-state index in [0.29, 0.717) is 11.3 Å². The smallest absolute Gasteiger partial charge is 0.259 e. The molecule has 0 aliphatic rings. The number of ketones is 1. The first-order valence-electron chi connectivity index (χ1n) is 7.89. The highest BCUT2D eigenvalue weighted by Crippen LogP contribution is 2.26. The van der Waals surface area contributed by atoms with Crippen molar-refractivity contribution in [2.45, 2.75) is 0 Å². The molecule has 0 atom stereocenters. The van der Waals surface area contributed by atoms with Crippen LogP contribution in [0.15, 0.2) is 53.0 Å². The third-order valence-corrected chi connectivity index (χ3v) is 4.20. The Morgan fingerprint density at radius 2 is 1.92 bits per heavy atom. The molecule has 2 rings (SSSR count).